The van der Waals surface area contributed by atoms with E-state index in [1.165, 1.54) is 25.7 Å². The second kappa shape index (κ2) is 3.52. The standard InChI is InChI=1S/C9H17NO.ClH/c1-11-6-9(10)5-7-2-3-8(9)4-7;/h7-8H,2-6,10H2,1H3;1H/t7-,8+,9+;/m1./s1. The normalized spacial score (nSPS) is 44.5. The molecular weight excluding hydrogens is 174 g/mol. The number of hydrogen-bond acceptors (Lipinski definition) is 2. The monoisotopic (exact) mass is 191 g/mol. The fraction of sp³-hybridized carbons (Fsp3) is 1.00. The average Bonchev–Trinajstić information content (AvgIpc) is 2.45. The van der Waals surface area contributed by atoms with Gasteiger partial charge in [0.2, 0.25) is 0 Å². The maximum Gasteiger partial charge on any atom is 0.0645 e. The minimum Gasteiger partial charge on any atom is -0.383 e. The number of hydrogen-bond donors (Lipinski definition) is 1. The van der Waals surface area contributed by atoms with Crippen molar-refractivity contribution < 1.29 is 4.74 Å². The van der Waals surface area contributed by atoms with Crippen molar-refractivity contribution in [3.63, 3.8) is 0 Å². The fourth-order valence-corrected chi connectivity index (χ4v) is 2.93. The van der Waals surface area contributed by atoms with Gasteiger partial charge in [0.15, 0.2) is 0 Å². The predicted octanol–water partition coefficient (Wildman–Crippen LogP) is 1.57. The Hall–Kier alpha value is 0.210. The Morgan fingerprint density at radius 1 is 1.50 bits per heavy atom. The van der Waals surface area contributed by atoms with E-state index in [4.69, 9.17) is 10.5 Å². The third-order valence-corrected chi connectivity index (χ3v) is 3.44. The molecule has 0 aliphatic heterocycles. The Labute approximate surface area is 80.3 Å². The molecule has 0 unspecified atom stereocenters. The van der Waals surface area contributed by atoms with Gasteiger partial charge in [-0.25, -0.2) is 0 Å². The maximum absolute atomic E-state index is 6.23. The summed E-state index contributed by atoms with van der Waals surface area (Å²) in [7, 11) is 1.75. The van der Waals surface area contributed by atoms with Crippen LogP contribution >= 0.6 is 12.4 Å². The summed E-state index contributed by atoms with van der Waals surface area (Å²) in [6.07, 6.45) is 5.31. The molecule has 2 aliphatic carbocycles. The molecule has 0 amide bonds. The van der Waals surface area contributed by atoms with Crippen LogP contribution < -0.4 is 5.73 Å². The summed E-state index contributed by atoms with van der Waals surface area (Å²) in [6.45, 7) is 0.758. The van der Waals surface area contributed by atoms with Gasteiger partial charge in [-0.1, -0.05) is 6.42 Å². The van der Waals surface area contributed by atoms with Crippen molar-refractivity contribution in [2.24, 2.45) is 17.6 Å². The summed E-state index contributed by atoms with van der Waals surface area (Å²) >= 11 is 0. The maximum atomic E-state index is 6.23. The molecule has 2 fully saturated rings. The highest BCUT2D eigenvalue weighted by Crippen LogP contribution is 2.49. The Morgan fingerprint density at radius 3 is 2.67 bits per heavy atom. The lowest BCUT2D eigenvalue weighted by Crippen LogP contribution is -2.48. The number of nitrogens with two attached hydrogens (primary N) is 1. The van der Waals surface area contributed by atoms with Gasteiger partial charge in [0, 0.05) is 12.6 Å². The topological polar surface area (TPSA) is 35.2 Å². The molecule has 0 aromatic heterocycles. The molecule has 3 heteroatoms. The molecule has 12 heavy (non-hydrogen) atoms. The minimum atomic E-state index is 0. The zero-order valence-corrected chi connectivity index (χ0v) is 8.40. The SMILES string of the molecule is COC[C@@]1(N)C[C@@H]2CC[C@H]1C2.Cl. The van der Waals surface area contributed by atoms with Crippen LogP contribution in [0.3, 0.4) is 0 Å². The molecule has 0 saturated heterocycles. The average molecular weight is 192 g/mol. The van der Waals surface area contributed by atoms with Crippen LogP contribution in [0.1, 0.15) is 25.7 Å². The van der Waals surface area contributed by atoms with Gasteiger partial charge in [0.05, 0.1) is 6.61 Å². The highest BCUT2D eigenvalue weighted by atomic mass is 35.5. The van der Waals surface area contributed by atoms with Crippen molar-refractivity contribution in [3.05, 3.63) is 0 Å². The zero-order valence-electron chi connectivity index (χ0n) is 7.58. The first-order chi connectivity index (χ1) is 5.24. The molecule has 0 spiro atoms. The number of methoxy groups -OCH3 is 1. The summed E-state index contributed by atoms with van der Waals surface area (Å²) in [4.78, 5) is 0. The smallest absolute Gasteiger partial charge is 0.0645 e. The van der Waals surface area contributed by atoms with Gasteiger partial charge in [-0.05, 0) is 31.1 Å². The molecule has 0 radical (unpaired) electrons. The lowest BCUT2D eigenvalue weighted by atomic mass is 9.82. The lowest BCUT2D eigenvalue weighted by Gasteiger charge is -2.32. The van der Waals surface area contributed by atoms with E-state index in [2.05, 4.69) is 0 Å². The van der Waals surface area contributed by atoms with E-state index in [1.807, 2.05) is 0 Å². The van der Waals surface area contributed by atoms with Crippen molar-refractivity contribution in [2.45, 2.75) is 31.2 Å². The van der Waals surface area contributed by atoms with E-state index in [0.29, 0.717) is 0 Å². The number of fused-ring (bicyclic) bond motifs is 2. The van der Waals surface area contributed by atoms with Gasteiger partial charge >= 0.3 is 0 Å². The van der Waals surface area contributed by atoms with E-state index < -0.39 is 0 Å². The molecule has 0 heterocycles. The number of rotatable bonds is 2. The van der Waals surface area contributed by atoms with Crippen molar-refractivity contribution in [1.29, 1.82) is 0 Å². The first-order valence-corrected chi connectivity index (χ1v) is 4.52. The van der Waals surface area contributed by atoms with Gasteiger partial charge in [0.1, 0.15) is 0 Å². The van der Waals surface area contributed by atoms with Gasteiger partial charge in [-0.2, -0.15) is 0 Å². The van der Waals surface area contributed by atoms with Crippen molar-refractivity contribution >= 4 is 12.4 Å². The molecular formula is C9H18ClNO. The number of ether oxygens (including phenoxy) is 1. The van der Waals surface area contributed by atoms with Crippen LogP contribution in [-0.4, -0.2) is 19.3 Å². The molecule has 2 saturated carbocycles. The highest BCUT2D eigenvalue weighted by molar-refractivity contribution is 5.85. The van der Waals surface area contributed by atoms with Crippen LogP contribution in [0.15, 0.2) is 0 Å². The zero-order chi connectivity index (χ0) is 7.90. The van der Waals surface area contributed by atoms with Crippen LogP contribution in [0.25, 0.3) is 0 Å². The molecule has 0 aromatic rings. The quantitative estimate of drug-likeness (QED) is 0.720. The summed E-state index contributed by atoms with van der Waals surface area (Å²) in [5.41, 5.74) is 6.27. The van der Waals surface area contributed by atoms with Gasteiger partial charge in [0.25, 0.3) is 0 Å². The molecule has 2 bridgehead atoms. The van der Waals surface area contributed by atoms with Crippen LogP contribution in [0.2, 0.25) is 0 Å². The minimum absolute atomic E-state index is 0. The van der Waals surface area contributed by atoms with Crippen molar-refractivity contribution in [3.8, 4) is 0 Å². The van der Waals surface area contributed by atoms with E-state index >= 15 is 0 Å². The number of halogens is 1. The molecule has 2 rings (SSSR count). The third-order valence-electron chi connectivity index (χ3n) is 3.44. The van der Waals surface area contributed by atoms with Crippen molar-refractivity contribution in [2.75, 3.05) is 13.7 Å². The first-order valence-electron chi connectivity index (χ1n) is 4.52. The van der Waals surface area contributed by atoms with Crippen LogP contribution in [0.5, 0.6) is 0 Å². The van der Waals surface area contributed by atoms with Gasteiger partial charge < -0.3 is 10.5 Å². The summed E-state index contributed by atoms with van der Waals surface area (Å²) in [5, 5.41) is 0. The van der Waals surface area contributed by atoms with Crippen LogP contribution in [-0.2, 0) is 4.74 Å². The van der Waals surface area contributed by atoms with E-state index in [0.717, 1.165) is 18.4 Å². The fourth-order valence-electron chi connectivity index (χ4n) is 2.93. The second-order valence-corrected chi connectivity index (χ2v) is 4.25. The summed E-state index contributed by atoms with van der Waals surface area (Å²) in [6, 6.07) is 0. The Bertz CT molecular complexity index is 165. The van der Waals surface area contributed by atoms with Crippen molar-refractivity contribution in [1.82, 2.24) is 0 Å². The van der Waals surface area contributed by atoms with Gasteiger partial charge in [-0.3, -0.25) is 0 Å². The molecule has 72 valence electrons. The molecule has 0 aromatic carbocycles. The van der Waals surface area contributed by atoms with Crippen LogP contribution in [0, 0.1) is 11.8 Å². The highest BCUT2D eigenvalue weighted by Gasteiger charge is 2.48. The second-order valence-electron chi connectivity index (χ2n) is 4.25. The lowest BCUT2D eigenvalue weighted by molar-refractivity contribution is 0.0973. The summed E-state index contributed by atoms with van der Waals surface area (Å²) < 4.78 is 5.16. The Morgan fingerprint density at radius 2 is 2.25 bits per heavy atom. The largest absolute Gasteiger partial charge is 0.383 e. The Kier molecular flexibility index (Phi) is 3.02. The molecule has 2 nitrogen and oxygen atoms in total. The van der Waals surface area contributed by atoms with E-state index in [1.54, 1.807) is 7.11 Å². The third kappa shape index (κ3) is 1.48. The van der Waals surface area contributed by atoms with Crippen LogP contribution in [0.4, 0.5) is 0 Å². The molecule has 2 aliphatic rings. The Balaban J connectivity index is 0.000000720. The molecule has 2 N–H and O–H groups in total. The van der Waals surface area contributed by atoms with Gasteiger partial charge in [-0.15, -0.1) is 12.4 Å². The molecule has 3 atom stereocenters. The van der Waals surface area contributed by atoms with E-state index in [9.17, 15) is 0 Å². The predicted molar refractivity (Wildman–Crippen MR) is 51.5 cm³/mol. The first kappa shape index (κ1) is 10.3. The summed E-state index contributed by atoms with van der Waals surface area (Å²) in [5.74, 6) is 1.67. The van der Waals surface area contributed by atoms with E-state index in [-0.39, 0.29) is 17.9 Å².